The van der Waals surface area contributed by atoms with Crippen LogP contribution in [0.5, 0.6) is 0 Å². The van der Waals surface area contributed by atoms with Crippen LogP contribution in [0.4, 0.5) is 0 Å². The molecule has 0 atom stereocenters. The van der Waals surface area contributed by atoms with Crippen molar-refractivity contribution in [2.24, 2.45) is 0 Å². The molecule has 7 heavy (non-hydrogen) atoms. The molecule has 0 aromatic carbocycles. The molecule has 0 bridgehead atoms. The summed E-state index contributed by atoms with van der Waals surface area (Å²) in [7, 11) is 1.90. The van der Waals surface area contributed by atoms with E-state index in [2.05, 4.69) is 13.2 Å². The fourth-order valence-electron chi connectivity index (χ4n) is 0.227. The smallest absolute Gasteiger partial charge is 0.167 e. The highest BCUT2D eigenvalue weighted by molar-refractivity contribution is 5.65. The van der Waals surface area contributed by atoms with E-state index >= 15 is 0 Å². The standard InChI is InChI=1S/C6H10N/c1-4-6-7(3)5-2/h4-6H,1-2H2,3H3/q+1/b7-6-. The molecule has 0 N–H and O–H groups in total. The third kappa shape index (κ3) is 2.97. The topological polar surface area (TPSA) is 3.01 Å². The maximum atomic E-state index is 3.53. The van der Waals surface area contributed by atoms with E-state index in [0.717, 1.165) is 0 Å². The molecule has 0 aliphatic heterocycles. The Bertz CT molecular complexity index is 101. The molecule has 0 saturated carbocycles. The summed E-state index contributed by atoms with van der Waals surface area (Å²) in [5.41, 5.74) is 0. The van der Waals surface area contributed by atoms with E-state index in [0.29, 0.717) is 0 Å². The lowest BCUT2D eigenvalue weighted by atomic mass is 10.7. The number of allylic oxidation sites excluding steroid dienone is 1. The minimum Gasteiger partial charge on any atom is -0.208 e. The molecule has 1 heteroatoms. The van der Waals surface area contributed by atoms with Crippen LogP contribution in [0, 0.1) is 0 Å². The van der Waals surface area contributed by atoms with Crippen molar-refractivity contribution >= 4 is 6.21 Å². The first-order valence-electron chi connectivity index (χ1n) is 2.11. The first kappa shape index (κ1) is 6.15. The molecule has 0 aromatic rings. The van der Waals surface area contributed by atoms with Crippen LogP contribution >= 0.6 is 0 Å². The predicted molar refractivity (Wildman–Crippen MR) is 32.6 cm³/mol. The molecule has 0 aliphatic rings. The number of nitrogens with zero attached hydrogens (tertiary/aromatic N) is 1. The molecule has 0 radical (unpaired) electrons. The van der Waals surface area contributed by atoms with Crippen LogP contribution in [0.25, 0.3) is 0 Å². The van der Waals surface area contributed by atoms with Crippen LogP contribution in [0.1, 0.15) is 0 Å². The van der Waals surface area contributed by atoms with Gasteiger partial charge in [-0.15, -0.1) is 0 Å². The molecule has 0 rings (SSSR count). The lowest BCUT2D eigenvalue weighted by Crippen LogP contribution is -1.92. The molecular formula is C6H10N+. The van der Waals surface area contributed by atoms with Crippen molar-refractivity contribution in [3.8, 4) is 0 Å². The van der Waals surface area contributed by atoms with E-state index in [1.165, 1.54) is 0 Å². The van der Waals surface area contributed by atoms with Gasteiger partial charge < -0.3 is 0 Å². The van der Waals surface area contributed by atoms with Gasteiger partial charge in [-0.25, -0.2) is 4.58 Å². The molecule has 0 aliphatic carbocycles. The second kappa shape index (κ2) is 3.34. The van der Waals surface area contributed by atoms with Gasteiger partial charge in [0.2, 0.25) is 0 Å². The monoisotopic (exact) mass is 96.1 g/mol. The largest absolute Gasteiger partial charge is 0.208 e. The Labute approximate surface area is 44.3 Å². The third-order valence-electron chi connectivity index (χ3n) is 0.629. The summed E-state index contributed by atoms with van der Waals surface area (Å²) < 4.78 is 1.83. The van der Waals surface area contributed by atoms with Crippen LogP contribution in [0.15, 0.2) is 25.4 Å². The van der Waals surface area contributed by atoms with Crippen LogP contribution < -0.4 is 0 Å². The summed E-state index contributed by atoms with van der Waals surface area (Å²) in [5.74, 6) is 0. The zero-order valence-corrected chi connectivity index (χ0v) is 4.59. The number of rotatable bonds is 2. The van der Waals surface area contributed by atoms with E-state index in [1.54, 1.807) is 12.3 Å². The maximum absolute atomic E-state index is 3.53. The average Bonchev–Trinajstić information content (AvgIpc) is 1.68. The summed E-state index contributed by atoms with van der Waals surface area (Å²) in [6.07, 6.45) is 5.25. The van der Waals surface area contributed by atoms with Crippen molar-refractivity contribution in [3.63, 3.8) is 0 Å². The predicted octanol–water partition coefficient (Wildman–Crippen LogP) is 1.03. The molecule has 1 nitrogen and oxygen atoms in total. The van der Waals surface area contributed by atoms with E-state index < -0.39 is 0 Å². The van der Waals surface area contributed by atoms with E-state index in [-0.39, 0.29) is 0 Å². The zero-order chi connectivity index (χ0) is 5.70. The molecule has 0 heterocycles. The van der Waals surface area contributed by atoms with Crippen molar-refractivity contribution in [1.29, 1.82) is 0 Å². The highest BCUT2D eigenvalue weighted by Crippen LogP contribution is 1.62. The molecule has 0 amide bonds. The fourth-order valence-corrected chi connectivity index (χ4v) is 0.227. The Kier molecular flexibility index (Phi) is 2.94. The summed E-state index contributed by atoms with van der Waals surface area (Å²) in [4.78, 5) is 0. The SMILES string of the molecule is C=C/C=[N+](/C)C=C. The second-order valence-electron chi connectivity index (χ2n) is 1.23. The molecule has 0 saturated heterocycles. The average molecular weight is 96.2 g/mol. The lowest BCUT2D eigenvalue weighted by Gasteiger charge is -1.76. The van der Waals surface area contributed by atoms with Gasteiger partial charge in [0.1, 0.15) is 7.05 Å². The third-order valence-corrected chi connectivity index (χ3v) is 0.629. The van der Waals surface area contributed by atoms with Gasteiger partial charge in [0.25, 0.3) is 0 Å². The van der Waals surface area contributed by atoms with E-state index in [4.69, 9.17) is 0 Å². The van der Waals surface area contributed by atoms with Crippen LogP contribution in [0.3, 0.4) is 0 Å². The number of hydrogen-bond donors (Lipinski definition) is 0. The van der Waals surface area contributed by atoms with Gasteiger partial charge in [0.05, 0.1) is 0 Å². The summed E-state index contributed by atoms with van der Waals surface area (Å²) >= 11 is 0. The normalized spacial score (nSPS) is 10.7. The fraction of sp³-hybridized carbons (Fsp3) is 0.167. The highest BCUT2D eigenvalue weighted by Gasteiger charge is 1.74. The van der Waals surface area contributed by atoms with Crippen LogP contribution in [-0.2, 0) is 0 Å². The molecule has 0 unspecified atom stereocenters. The van der Waals surface area contributed by atoms with Gasteiger partial charge in [0, 0.05) is 0 Å². The quantitative estimate of drug-likeness (QED) is 0.357. The summed E-state index contributed by atoms with van der Waals surface area (Å²) in [6, 6.07) is 0. The van der Waals surface area contributed by atoms with E-state index in [9.17, 15) is 0 Å². The molecule has 0 fully saturated rings. The first-order chi connectivity index (χ1) is 3.31. The Morgan fingerprint density at radius 3 is 2.14 bits per heavy atom. The van der Waals surface area contributed by atoms with Gasteiger partial charge >= 0.3 is 0 Å². The molecule has 0 aromatic heterocycles. The van der Waals surface area contributed by atoms with Crippen LogP contribution in [-0.4, -0.2) is 17.8 Å². The van der Waals surface area contributed by atoms with Gasteiger partial charge in [-0.05, 0) is 12.7 Å². The van der Waals surface area contributed by atoms with Crippen molar-refractivity contribution < 1.29 is 4.58 Å². The second-order valence-corrected chi connectivity index (χ2v) is 1.23. The lowest BCUT2D eigenvalue weighted by molar-refractivity contribution is -0.415. The van der Waals surface area contributed by atoms with Crippen LogP contribution in [0.2, 0.25) is 0 Å². The van der Waals surface area contributed by atoms with Crippen molar-refractivity contribution in [3.05, 3.63) is 25.4 Å². The Hall–Kier alpha value is -0.850. The van der Waals surface area contributed by atoms with Crippen molar-refractivity contribution in [1.82, 2.24) is 0 Å². The first-order valence-corrected chi connectivity index (χ1v) is 2.11. The maximum Gasteiger partial charge on any atom is 0.167 e. The van der Waals surface area contributed by atoms with E-state index in [1.807, 2.05) is 17.8 Å². The molecule has 38 valence electrons. The number of hydrogen-bond acceptors (Lipinski definition) is 0. The van der Waals surface area contributed by atoms with Crippen molar-refractivity contribution in [2.45, 2.75) is 0 Å². The Morgan fingerprint density at radius 1 is 1.43 bits per heavy atom. The Morgan fingerprint density at radius 2 is 2.00 bits per heavy atom. The highest BCUT2D eigenvalue weighted by atomic mass is 14.9. The summed E-state index contributed by atoms with van der Waals surface area (Å²) in [6.45, 7) is 7.03. The van der Waals surface area contributed by atoms with Gasteiger partial charge in [0.15, 0.2) is 12.4 Å². The van der Waals surface area contributed by atoms with Gasteiger partial charge in [-0.2, -0.15) is 0 Å². The Balaban J connectivity index is 3.72. The van der Waals surface area contributed by atoms with Gasteiger partial charge in [-0.1, -0.05) is 6.58 Å². The molecular weight excluding hydrogens is 86.1 g/mol. The zero-order valence-electron chi connectivity index (χ0n) is 4.59. The molecule has 0 spiro atoms. The summed E-state index contributed by atoms with van der Waals surface area (Å²) in [5, 5.41) is 0. The minimum absolute atomic E-state index is 1.71. The van der Waals surface area contributed by atoms with Gasteiger partial charge in [-0.3, -0.25) is 0 Å². The minimum atomic E-state index is 1.71. The van der Waals surface area contributed by atoms with Crippen molar-refractivity contribution in [2.75, 3.05) is 7.05 Å².